The summed E-state index contributed by atoms with van der Waals surface area (Å²) < 4.78 is 0. The largest absolute Gasteiger partial charge is 0.481 e. The van der Waals surface area contributed by atoms with Crippen molar-refractivity contribution >= 4 is 52.2 Å². The third kappa shape index (κ3) is 10.2. The summed E-state index contributed by atoms with van der Waals surface area (Å²) >= 11 is 0. The van der Waals surface area contributed by atoms with Crippen LogP contribution in [0.3, 0.4) is 0 Å². The predicted octanol–water partition coefficient (Wildman–Crippen LogP) is -1.38. The van der Waals surface area contributed by atoms with E-state index in [9.17, 15) is 29.7 Å². The van der Waals surface area contributed by atoms with Gasteiger partial charge in [-0.15, -0.1) is 0 Å². The SMILES string of the molecule is C/C(=N\O)c1ncc([C@@H](O)[C@H](O)[C@H](O)CO)[nH]1.CN(Cc1cnc2nc(N)nc(N)c2n1)c1ccc(C(=O)N[C@@H](CCC(=O)O)C(=O)O)cc1. The third-order valence-corrected chi connectivity index (χ3v) is 7.03. The second-order valence-electron chi connectivity index (χ2n) is 10.8. The molecule has 21 heteroatoms. The van der Waals surface area contributed by atoms with Gasteiger partial charge in [-0.2, -0.15) is 9.97 Å². The zero-order valence-electron chi connectivity index (χ0n) is 26.7. The van der Waals surface area contributed by atoms with Crippen molar-refractivity contribution in [3.05, 3.63) is 59.4 Å². The molecule has 0 aliphatic heterocycles. The van der Waals surface area contributed by atoms with E-state index in [2.05, 4.69) is 40.4 Å². The Kier molecular flexibility index (Phi) is 13.4. The molecule has 50 heavy (non-hydrogen) atoms. The van der Waals surface area contributed by atoms with Crippen LogP contribution in [0.4, 0.5) is 17.5 Å². The van der Waals surface area contributed by atoms with Gasteiger partial charge in [0.2, 0.25) is 5.95 Å². The highest BCUT2D eigenvalue weighted by Gasteiger charge is 2.27. The maximum absolute atomic E-state index is 12.4. The molecule has 3 aromatic heterocycles. The number of benzene rings is 1. The fourth-order valence-corrected chi connectivity index (χ4v) is 4.25. The van der Waals surface area contributed by atoms with Crippen LogP contribution in [0.15, 0.2) is 41.8 Å². The van der Waals surface area contributed by atoms with Gasteiger partial charge >= 0.3 is 11.9 Å². The molecule has 0 saturated carbocycles. The Morgan fingerprint density at radius 2 is 1.70 bits per heavy atom. The van der Waals surface area contributed by atoms with Crippen LogP contribution in [0, 0.1) is 0 Å². The van der Waals surface area contributed by atoms with Gasteiger partial charge in [-0.3, -0.25) is 9.59 Å². The Bertz CT molecular complexity index is 1820. The number of nitrogens with two attached hydrogens (primary N) is 2. The number of imidazole rings is 1. The van der Waals surface area contributed by atoms with Crippen molar-refractivity contribution in [3.8, 4) is 0 Å². The molecule has 0 saturated heterocycles. The summed E-state index contributed by atoms with van der Waals surface area (Å²) in [5.74, 6) is -2.68. The molecule has 4 rings (SSSR count). The van der Waals surface area contributed by atoms with Gasteiger partial charge in [-0.25, -0.2) is 19.7 Å². The summed E-state index contributed by atoms with van der Waals surface area (Å²) in [6.07, 6.45) is -2.22. The van der Waals surface area contributed by atoms with E-state index in [0.29, 0.717) is 23.4 Å². The third-order valence-electron chi connectivity index (χ3n) is 7.03. The van der Waals surface area contributed by atoms with Crippen molar-refractivity contribution in [1.29, 1.82) is 0 Å². The van der Waals surface area contributed by atoms with Gasteiger partial charge in [0.05, 0.1) is 36.9 Å². The molecule has 3 heterocycles. The lowest BCUT2D eigenvalue weighted by Gasteiger charge is -2.20. The maximum Gasteiger partial charge on any atom is 0.326 e. The number of hydrogen-bond donors (Lipinski definition) is 11. The van der Waals surface area contributed by atoms with Crippen LogP contribution in [-0.2, 0) is 16.1 Å². The average molecular weight is 700 g/mol. The van der Waals surface area contributed by atoms with Gasteiger partial charge in [-0.05, 0) is 37.6 Å². The fourth-order valence-electron chi connectivity index (χ4n) is 4.25. The van der Waals surface area contributed by atoms with E-state index in [1.54, 1.807) is 18.3 Å². The number of aliphatic carboxylic acids is 2. The normalized spacial score (nSPS) is 13.8. The Hall–Kier alpha value is -6.03. The highest BCUT2D eigenvalue weighted by molar-refractivity contribution is 5.97. The van der Waals surface area contributed by atoms with Crippen LogP contribution >= 0.6 is 0 Å². The number of nitrogens with zero attached hydrogens (tertiary/aromatic N) is 7. The Morgan fingerprint density at radius 3 is 2.30 bits per heavy atom. The minimum atomic E-state index is -1.54. The summed E-state index contributed by atoms with van der Waals surface area (Å²) in [6, 6.07) is 5.16. The molecule has 0 aliphatic rings. The number of rotatable bonds is 14. The van der Waals surface area contributed by atoms with Crippen LogP contribution in [-0.4, -0.2) is 121 Å². The second-order valence-corrected chi connectivity index (χ2v) is 10.8. The molecule has 21 nitrogen and oxygen atoms in total. The van der Waals surface area contributed by atoms with Gasteiger partial charge in [0.25, 0.3) is 5.91 Å². The van der Waals surface area contributed by atoms with Gasteiger partial charge in [0, 0.05) is 24.7 Å². The molecule has 0 aliphatic carbocycles. The van der Waals surface area contributed by atoms with E-state index in [1.165, 1.54) is 25.3 Å². The fraction of sp³-hybridized carbons (Fsp3) is 0.345. The zero-order valence-corrected chi connectivity index (χ0v) is 26.7. The van der Waals surface area contributed by atoms with Crippen molar-refractivity contribution in [2.45, 2.75) is 50.7 Å². The van der Waals surface area contributed by atoms with Crippen LogP contribution in [0.25, 0.3) is 11.2 Å². The number of nitrogens with one attached hydrogen (secondary N) is 2. The number of carboxylic acids is 2. The number of amides is 1. The van der Waals surface area contributed by atoms with Crippen LogP contribution in [0.2, 0.25) is 0 Å². The molecular formula is C29H37N11O10. The standard InChI is InChI=1S/C20H22N8O5.C9H15N3O5/c1-28(9-11-8-23-17-15(24-11)16(21)26-20(22)27-17)12-4-2-10(3-5-12)18(31)25-13(19(32)33)6-7-14(29)30;1-4(12-17)9-10-2-5(11-9)7(15)8(16)6(14)3-13/h2-5,8,13H,6-7,9H2,1H3,(H,25,31)(H,29,30)(H,32,33)(H4,21,22,23,26,27);2,6-8,13-17H,3H2,1H3,(H,10,11)/b;12-4+/t13-;6-,7-,8-/m01/s1. The lowest BCUT2D eigenvalue weighted by Crippen LogP contribution is -2.41. The smallest absolute Gasteiger partial charge is 0.326 e. The van der Waals surface area contributed by atoms with Crippen LogP contribution in [0.1, 0.15) is 53.4 Å². The van der Waals surface area contributed by atoms with E-state index in [4.69, 9.17) is 32.0 Å². The van der Waals surface area contributed by atoms with Crippen molar-refractivity contribution in [3.63, 3.8) is 0 Å². The molecule has 0 bridgehead atoms. The molecule has 0 fully saturated rings. The number of fused-ring (bicyclic) bond motifs is 1. The Morgan fingerprint density at radius 1 is 1.02 bits per heavy atom. The van der Waals surface area contributed by atoms with E-state index in [1.807, 2.05) is 11.9 Å². The summed E-state index contributed by atoms with van der Waals surface area (Å²) in [5.41, 5.74) is 14.0. The van der Waals surface area contributed by atoms with E-state index >= 15 is 0 Å². The van der Waals surface area contributed by atoms with Crippen molar-refractivity contribution in [1.82, 2.24) is 35.2 Å². The summed E-state index contributed by atoms with van der Waals surface area (Å²) in [7, 11) is 1.82. The second kappa shape index (κ2) is 17.4. The van der Waals surface area contributed by atoms with Gasteiger partial charge in [-0.1, -0.05) is 5.16 Å². The zero-order chi connectivity index (χ0) is 37.1. The number of aliphatic hydroxyl groups excluding tert-OH is 4. The highest BCUT2D eigenvalue weighted by Crippen LogP contribution is 2.20. The molecule has 13 N–H and O–H groups in total. The first kappa shape index (κ1) is 38.4. The molecule has 1 aromatic carbocycles. The first-order chi connectivity index (χ1) is 23.6. The number of anilines is 3. The first-order valence-electron chi connectivity index (χ1n) is 14.6. The van der Waals surface area contributed by atoms with Crippen molar-refractivity contribution in [2.75, 3.05) is 30.0 Å². The number of carbonyl (C=O) groups excluding carboxylic acids is 1. The predicted molar refractivity (Wildman–Crippen MR) is 175 cm³/mol. The number of oxime groups is 1. The minimum absolute atomic E-state index is 0.0138. The Labute approximate surface area is 283 Å². The Balaban J connectivity index is 0.000000335. The summed E-state index contributed by atoms with van der Waals surface area (Å²) in [4.78, 5) is 59.1. The van der Waals surface area contributed by atoms with E-state index < -0.39 is 48.8 Å². The maximum atomic E-state index is 12.4. The number of aliphatic hydroxyl groups is 4. The molecular weight excluding hydrogens is 662 g/mol. The number of H-pyrrole nitrogens is 1. The lowest BCUT2D eigenvalue weighted by atomic mass is 10.1. The van der Waals surface area contributed by atoms with Crippen molar-refractivity contribution in [2.24, 2.45) is 5.16 Å². The van der Waals surface area contributed by atoms with Gasteiger partial charge < -0.3 is 62.5 Å². The molecule has 268 valence electrons. The number of hydrogen-bond acceptors (Lipinski definition) is 17. The number of carboxylic acid groups (broad SMARTS) is 2. The van der Waals surface area contributed by atoms with Crippen LogP contribution < -0.4 is 21.7 Å². The molecule has 0 unspecified atom stereocenters. The number of aromatic amines is 1. The molecule has 4 aromatic rings. The first-order valence-corrected chi connectivity index (χ1v) is 14.6. The lowest BCUT2D eigenvalue weighted by molar-refractivity contribution is -0.140. The summed E-state index contributed by atoms with van der Waals surface area (Å²) in [5, 5.41) is 68.6. The minimum Gasteiger partial charge on any atom is -0.481 e. The quantitative estimate of drug-likeness (QED) is 0.0410. The molecule has 0 radical (unpaired) electrons. The van der Waals surface area contributed by atoms with Crippen LogP contribution in [0.5, 0.6) is 0 Å². The highest BCUT2D eigenvalue weighted by atomic mass is 16.4. The average Bonchev–Trinajstić information content (AvgIpc) is 3.59. The number of aromatic nitrogens is 6. The number of nitrogen functional groups attached to an aromatic ring is 2. The van der Waals surface area contributed by atoms with Crippen molar-refractivity contribution < 1.29 is 50.2 Å². The van der Waals surface area contributed by atoms with E-state index in [0.717, 1.165) is 5.69 Å². The monoisotopic (exact) mass is 699 g/mol. The van der Waals surface area contributed by atoms with Gasteiger partial charge in [0.15, 0.2) is 22.8 Å². The summed E-state index contributed by atoms with van der Waals surface area (Å²) in [6.45, 7) is 1.19. The topological polar surface area (TPSA) is 353 Å². The van der Waals surface area contributed by atoms with E-state index in [-0.39, 0.29) is 47.4 Å². The molecule has 1 amide bonds. The molecule has 0 spiro atoms. The molecule has 4 atom stereocenters. The number of carbonyl (C=O) groups is 3. The van der Waals surface area contributed by atoms with Gasteiger partial charge in [0.1, 0.15) is 30.1 Å².